The van der Waals surface area contributed by atoms with E-state index in [1.165, 1.54) is 11.1 Å². The Labute approximate surface area is 156 Å². The van der Waals surface area contributed by atoms with Gasteiger partial charge in [-0.05, 0) is 42.2 Å². The van der Waals surface area contributed by atoms with Gasteiger partial charge < -0.3 is 15.4 Å². The van der Waals surface area contributed by atoms with E-state index in [1.807, 2.05) is 31.2 Å². The van der Waals surface area contributed by atoms with Gasteiger partial charge >= 0.3 is 0 Å². The molecule has 3 atom stereocenters. The minimum atomic E-state index is -0.0543. The summed E-state index contributed by atoms with van der Waals surface area (Å²) in [4.78, 5) is 12.9. The summed E-state index contributed by atoms with van der Waals surface area (Å²) in [7, 11) is 1.65. The normalized spacial score (nSPS) is 20.6. The van der Waals surface area contributed by atoms with Crippen molar-refractivity contribution in [3.63, 3.8) is 0 Å². The SMILES string of the molecule is CCc1ccc([C@@H]2CNC[C@H]2C(=O)N[C@@H](C)c2cccc(OC)c2)cc1. The van der Waals surface area contributed by atoms with Crippen molar-refractivity contribution in [2.75, 3.05) is 20.2 Å². The van der Waals surface area contributed by atoms with Gasteiger partial charge in [-0.3, -0.25) is 4.79 Å². The highest BCUT2D eigenvalue weighted by Gasteiger charge is 2.34. The number of aryl methyl sites for hydroxylation is 1. The standard InChI is InChI=1S/C22H28N2O2/c1-4-16-8-10-17(11-9-16)20-13-23-14-21(20)22(25)24-15(2)18-6-5-7-19(12-18)26-3/h5-12,15,20-21,23H,4,13-14H2,1-3H3,(H,24,25)/t15-,20-,21+/m0/s1. The second kappa shape index (κ2) is 8.37. The van der Waals surface area contributed by atoms with Crippen LogP contribution in [0.2, 0.25) is 0 Å². The number of carbonyl (C=O) groups excluding carboxylic acids is 1. The summed E-state index contributed by atoms with van der Waals surface area (Å²) < 4.78 is 5.28. The molecule has 4 heteroatoms. The summed E-state index contributed by atoms with van der Waals surface area (Å²) in [5.41, 5.74) is 3.61. The molecule has 1 aliphatic rings. The van der Waals surface area contributed by atoms with Crippen molar-refractivity contribution < 1.29 is 9.53 Å². The number of amides is 1. The van der Waals surface area contributed by atoms with E-state index < -0.39 is 0 Å². The first-order valence-electron chi connectivity index (χ1n) is 9.36. The van der Waals surface area contributed by atoms with E-state index in [-0.39, 0.29) is 23.8 Å². The number of hydrogen-bond acceptors (Lipinski definition) is 3. The molecular formula is C22H28N2O2. The molecule has 0 unspecified atom stereocenters. The van der Waals surface area contributed by atoms with Gasteiger partial charge in [-0.2, -0.15) is 0 Å². The third kappa shape index (κ3) is 4.07. The van der Waals surface area contributed by atoms with Gasteiger partial charge in [0.05, 0.1) is 19.1 Å². The maximum atomic E-state index is 12.9. The fourth-order valence-corrected chi connectivity index (χ4v) is 3.62. The largest absolute Gasteiger partial charge is 0.497 e. The predicted molar refractivity (Wildman–Crippen MR) is 104 cm³/mol. The number of ether oxygens (including phenoxy) is 1. The zero-order valence-electron chi connectivity index (χ0n) is 15.8. The monoisotopic (exact) mass is 352 g/mol. The van der Waals surface area contributed by atoms with E-state index in [9.17, 15) is 4.79 Å². The van der Waals surface area contributed by atoms with Crippen LogP contribution in [-0.4, -0.2) is 26.1 Å². The zero-order chi connectivity index (χ0) is 18.5. The summed E-state index contributed by atoms with van der Waals surface area (Å²) in [5.74, 6) is 1.09. The first-order valence-corrected chi connectivity index (χ1v) is 9.36. The second-order valence-electron chi connectivity index (χ2n) is 6.97. The number of rotatable bonds is 6. The first kappa shape index (κ1) is 18.5. The number of methoxy groups -OCH3 is 1. The fraction of sp³-hybridized carbons (Fsp3) is 0.409. The second-order valence-corrected chi connectivity index (χ2v) is 6.97. The summed E-state index contributed by atoms with van der Waals surface area (Å²) >= 11 is 0. The van der Waals surface area contributed by atoms with Gasteiger partial charge in [0.15, 0.2) is 0 Å². The van der Waals surface area contributed by atoms with Crippen LogP contribution < -0.4 is 15.4 Å². The van der Waals surface area contributed by atoms with E-state index in [2.05, 4.69) is 41.8 Å². The van der Waals surface area contributed by atoms with Gasteiger partial charge in [-0.15, -0.1) is 0 Å². The van der Waals surface area contributed by atoms with Crippen molar-refractivity contribution in [3.05, 3.63) is 65.2 Å². The van der Waals surface area contributed by atoms with Gasteiger partial charge in [0, 0.05) is 19.0 Å². The Hall–Kier alpha value is -2.33. The quantitative estimate of drug-likeness (QED) is 0.837. The molecule has 138 valence electrons. The van der Waals surface area contributed by atoms with E-state index in [4.69, 9.17) is 4.74 Å². The van der Waals surface area contributed by atoms with Gasteiger partial charge in [0.2, 0.25) is 5.91 Å². The number of carbonyl (C=O) groups is 1. The molecule has 2 N–H and O–H groups in total. The molecule has 0 spiro atoms. The lowest BCUT2D eigenvalue weighted by atomic mass is 9.87. The molecular weight excluding hydrogens is 324 g/mol. The molecule has 4 nitrogen and oxygen atoms in total. The Morgan fingerprint density at radius 3 is 2.69 bits per heavy atom. The summed E-state index contributed by atoms with van der Waals surface area (Å²) in [5, 5.41) is 6.56. The van der Waals surface area contributed by atoms with Crippen molar-refractivity contribution >= 4 is 5.91 Å². The Kier molecular flexibility index (Phi) is 5.94. The van der Waals surface area contributed by atoms with Crippen LogP contribution >= 0.6 is 0 Å². The number of benzene rings is 2. The van der Waals surface area contributed by atoms with E-state index in [1.54, 1.807) is 7.11 Å². The highest BCUT2D eigenvalue weighted by Crippen LogP contribution is 2.29. The van der Waals surface area contributed by atoms with Gasteiger partial charge in [0.1, 0.15) is 5.75 Å². The Morgan fingerprint density at radius 2 is 2.00 bits per heavy atom. The predicted octanol–water partition coefficient (Wildman–Crippen LogP) is 3.44. The molecule has 0 bridgehead atoms. The highest BCUT2D eigenvalue weighted by atomic mass is 16.5. The van der Waals surface area contributed by atoms with Crippen LogP contribution in [0.15, 0.2) is 48.5 Å². The Bertz CT molecular complexity index is 742. The smallest absolute Gasteiger partial charge is 0.225 e. The zero-order valence-corrected chi connectivity index (χ0v) is 15.8. The van der Waals surface area contributed by atoms with Crippen LogP contribution in [0.25, 0.3) is 0 Å². The average molecular weight is 352 g/mol. The lowest BCUT2D eigenvalue weighted by molar-refractivity contribution is -0.125. The number of hydrogen-bond donors (Lipinski definition) is 2. The molecule has 1 saturated heterocycles. The van der Waals surface area contributed by atoms with Crippen molar-refractivity contribution in [2.24, 2.45) is 5.92 Å². The van der Waals surface area contributed by atoms with Crippen LogP contribution in [-0.2, 0) is 11.2 Å². The van der Waals surface area contributed by atoms with Crippen molar-refractivity contribution in [2.45, 2.75) is 32.2 Å². The maximum absolute atomic E-state index is 12.9. The Balaban J connectivity index is 1.69. The van der Waals surface area contributed by atoms with Crippen LogP contribution in [0.5, 0.6) is 5.75 Å². The molecule has 1 fully saturated rings. The van der Waals surface area contributed by atoms with Crippen molar-refractivity contribution in [1.29, 1.82) is 0 Å². The van der Waals surface area contributed by atoms with Crippen molar-refractivity contribution in [1.82, 2.24) is 10.6 Å². The van der Waals surface area contributed by atoms with Crippen LogP contribution in [0.3, 0.4) is 0 Å². The van der Waals surface area contributed by atoms with Crippen LogP contribution in [0.4, 0.5) is 0 Å². The molecule has 2 aromatic carbocycles. The summed E-state index contributed by atoms with van der Waals surface area (Å²) in [6, 6.07) is 16.5. The van der Waals surface area contributed by atoms with E-state index in [0.717, 1.165) is 30.8 Å². The topological polar surface area (TPSA) is 50.4 Å². The minimum absolute atomic E-state index is 0.0458. The van der Waals surface area contributed by atoms with Gasteiger partial charge in [-0.25, -0.2) is 0 Å². The van der Waals surface area contributed by atoms with E-state index >= 15 is 0 Å². The average Bonchev–Trinajstić information content (AvgIpc) is 3.18. The highest BCUT2D eigenvalue weighted by molar-refractivity contribution is 5.81. The molecule has 0 aliphatic carbocycles. The van der Waals surface area contributed by atoms with Crippen molar-refractivity contribution in [3.8, 4) is 5.75 Å². The molecule has 26 heavy (non-hydrogen) atoms. The molecule has 3 rings (SSSR count). The lowest BCUT2D eigenvalue weighted by Gasteiger charge is -2.22. The first-order chi connectivity index (χ1) is 12.6. The lowest BCUT2D eigenvalue weighted by Crippen LogP contribution is -2.36. The third-order valence-electron chi connectivity index (χ3n) is 5.32. The molecule has 1 amide bonds. The van der Waals surface area contributed by atoms with Gasteiger partial charge in [-0.1, -0.05) is 43.3 Å². The molecule has 1 heterocycles. The molecule has 0 aromatic heterocycles. The van der Waals surface area contributed by atoms with Crippen LogP contribution in [0.1, 0.15) is 42.5 Å². The van der Waals surface area contributed by atoms with E-state index in [0.29, 0.717) is 0 Å². The molecule has 1 aliphatic heterocycles. The number of nitrogens with one attached hydrogen (secondary N) is 2. The van der Waals surface area contributed by atoms with Gasteiger partial charge in [0.25, 0.3) is 0 Å². The fourth-order valence-electron chi connectivity index (χ4n) is 3.62. The van der Waals surface area contributed by atoms with Crippen LogP contribution in [0, 0.1) is 5.92 Å². The summed E-state index contributed by atoms with van der Waals surface area (Å²) in [6.07, 6.45) is 1.03. The summed E-state index contributed by atoms with van der Waals surface area (Å²) in [6.45, 7) is 5.73. The molecule has 2 aromatic rings. The Morgan fingerprint density at radius 1 is 1.23 bits per heavy atom. The third-order valence-corrected chi connectivity index (χ3v) is 5.32. The molecule has 0 radical (unpaired) electrons. The minimum Gasteiger partial charge on any atom is -0.497 e. The maximum Gasteiger partial charge on any atom is 0.225 e. The molecule has 0 saturated carbocycles.